The fourth-order valence-corrected chi connectivity index (χ4v) is 2.05. The second-order valence-electron chi connectivity index (χ2n) is 4.13. The third-order valence-electron chi connectivity index (χ3n) is 3.00. The summed E-state index contributed by atoms with van der Waals surface area (Å²) in [7, 11) is 0. The molecule has 0 aromatic heterocycles. The lowest BCUT2D eigenvalue weighted by molar-refractivity contribution is 0.171. The van der Waals surface area contributed by atoms with Crippen LogP contribution in [0.5, 0.6) is 0 Å². The summed E-state index contributed by atoms with van der Waals surface area (Å²) >= 11 is 0. The average Bonchev–Trinajstić information content (AvgIpc) is 2.85. The second-order valence-corrected chi connectivity index (χ2v) is 4.13. The molecule has 2 bridgehead atoms. The molecule has 2 rings (SSSR count). The van der Waals surface area contributed by atoms with Crippen molar-refractivity contribution in [3.8, 4) is 12.3 Å². The fourth-order valence-electron chi connectivity index (χ4n) is 2.05. The molecule has 2 heterocycles. The van der Waals surface area contributed by atoms with E-state index in [0.29, 0.717) is 12.5 Å². The van der Waals surface area contributed by atoms with Gasteiger partial charge in [-0.15, -0.1) is 6.42 Å². The minimum atomic E-state index is 0.478. The molecule has 3 nitrogen and oxygen atoms in total. The summed E-state index contributed by atoms with van der Waals surface area (Å²) in [4.78, 5) is 7.64. The molecule has 0 amide bonds. The first kappa shape index (κ1) is 10.3. The number of terminal acetylenes is 1. The van der Waals surface area contributed by atoms with E-state index < -0.39 is 0 Å². The van der Waals surface area contributed by atoms with Crippen molar-refractivity contribution >= 4 is 5.71 Å². The third kappa shape index (κ3) is 2.40. The van der Waals surface area contributed by atoms with E-state index in [1.54, 1.807) is 0 Å². The number of allylic oxidation sites excluding steroid dienone is 1. The first-order valence-corrected chi connectivity index (χ1v) is 5.34. The Balaban J connectivity index is 1.78. The Morgan fingerprint density at radius 2 is 2.67 bits per heavy atom. The van der Waals surface area contributed by atoms with Gasteiger partial charge in [0.05, 0.1) is 5.71 Å². The fraction of sp³-hybridized carbons (Fsp3) is 0.583. The molecule has 0 radical (unpaired) electrons. The Labute approximate surface area is 90.8 Å². The minimum Gasteiger partial charge on any atom is -0.392 e. The van der Waals surface area contributed by atoms with Crippen LogP contribution in [0, 0.1) is 18.3 Å². The summed E-state index contributed by atoms with van der Waals surface area (Å²) in [5.74, 6) is 3.19. The van der Waals surface area contributed by atoms with Crippen LogP contribution >= 0.6 is 0 Å². The highest BCUT2D eigenvalue weighted by Crippen LogP contribution is 2.25. The molecule has 0 N–H and O–H groups in total. The van der Waals surface area contributed by atoms with Gasteiger partial charge in [-0.05, 0) is 31.5 Å². The van der Waals surface area contributed by atoms with Gasteiger partial charge in [0.15, 0.2) is 0 Å². The highest BCUT2D eigenvalue weighted by molar-refractivity contribution is 5.91. The minimum absolute atomic E-state index is 0.478. The van der Waals surface area contributed by atoms with Gasteiger partial charge in [0.25, 0.3) is 0 Å². The smallest absolute Gasteiger partial charge is 0.136 e. The van der Waals surface area contributed by atoms with Crippen LogP contribution in [0.2, 0.25) is 0 Å². The molecule has 80 valence electrons. The van der Waals surface area contributed by atoms with Crippen molar-refractivity contribution in [1.29, 1.82) is 0 Å². The van der Waals surface area contributed by atoms with Gasteiger partial charge in [-0.3, -0.25) is 4.90 Å². The van der Waals surface area contributed by atoms with Gasteiger partial charge >= 0.3 is 0 Å². The van der Waals surface area contributed by atoms with Crippen molar-refractivity contribution in [3.05, 3.63) is 11.6 Å². The molecule has 3 heteroatoms. The van der Waals surface area contributed by atoms with Crippen LogP contribution in [-0.2, 0) is 4.84 Å². The molecule has 0 spiro atoms. The average molecular weight is 204 g/mol. The summed E-state index contributed by atoms with van der Waals surface area (Å²) in [5, 5.41) is 4.17. The number of fused-ring (bicyclic) bond motifs is 2. The first-order chi connectivity index (χ1) is 7.29. The summed E-state index contributed by atoms with van der Waals surface area (Å²) in [6.07, 6.45) is 8.32. The van der Waals surface area contributed by atoms with Gasteiger partial charge in [0.2, 0.25) is 0 Å². The predicted octanol–water partition coefficient (Wildman–Crippen LogP) is 1.27. The van der Waals surface area contributed by atoms with Crippen LogP contribution in [0.4, 0.5) is 0 Å². The van der Waals surface area contributed by atoms with E-state index in [9.17, 15) is 0 Å². The van der Waals surface area contributed by atoms with E-state index in [1.807, 2.05) is 13.0 Å². The molecule has 2 fully saturated rings. The third-order valence-corrected chi connectivity index (χ3v) is 3.00. The predicted molar refractivity (Wildman–Crippen MR) is 60.5 cm³/mol. The zero-order valence-corrected chi connectivity index (χ0v) is 9.07. The molecule has 0 saturated carbocycles. The highest BCUT2D eigenvalue weighted by atomic mass is 16.6. The van der Waals surface area contributed by atoms with E-state index in [0.717, 1.165) is 12.1 Å². The van der Waals surface area contributed by atoms with E-state index in [2.05, 4.69) is 16.0 Å². The number of hydrogen-bond donors (Lipinski definition) is 0. The lowest BCUT2D eigenvalue weighted by atomic mass is 10.0. The van der Waals surface area contributed by atoms with Gasteiger partial charge in [0.1, 0.15) is 6.61 Å². The highest BCUT2D eigenvalue weighted by Gasteiger charge is 2.35. The van der Waals surface area contributed by atoms with Gasteiger partial charge in [-0.1, -0.05) is 11.1 Å². The quantitative estimate of drug-likeness (QED) is 0.393. The maximum absolute atomic E-state index is 5.23. The van der Waals surface area contributed by atoms with Gasteiger partial charge in [0, 0.05) is 19.0 Å². The summed E-state index contributed by atoms with van der Waals surface area (Å²) in [6.45, 7) is 5.75. The molecule has 15 heavy (non-hydrogen) atoms. The lowest BCUT2D eigenvalue weighted by Gasteiger charge is -2.12. The Bertz CT molecular complexity index is 338. The number of rotatable bonds is 3. The van der Waals surface area contributed by atoms with E-state index in [1.165, 1.54) is 25.2 Å². The number of nitrogens with zero attached hydrogens (tertiary/aromatic N) is 2. The normalized spacial score (nSPS) is 32.0. The maximum atomic E-state index is 5.23. The molecular weight excluding hydrogens is 188 g/mol. The Morgan fingerprint density at radius 1 is 1.80 bits per heavy atom. The van der Waals surface area contributed by atoms with Crippen LogP contribution in [0.3, 0.4) is 0 Å². The summed E-state index contributed by atoms with van der Waals surface area (Å²) in [5.41, 5.74) is 2.10. The van der Waals surface area contributed by atoms with E-state index >= 15 is 0 Å². The molecule has 2 saturated heterocycles. The van der Waals surface area contributed by atoms with Crippen LogP contribution < -0.4 is 0 Å². The van der Waals surface area contributed by atoms with Crippen LogP contribution in [0.15, 0.2) is 16.8 Å². The standard InChI is InChI=1S/C12H16N2O/c1-3-10(2)5-7-15-13-12-9-14-6-4-11(12)8-14/h1,5,11H,4,6-9H2,2H3/b10-5-,13-12+. The van der Waals surface area contributed by atoms with Crippen molar-refractivity contribution in [2.45, 2.75) is 13.3 Å². The summed E-state index contributed by atoms with van der Waals surface area (Å²) in [6, 6.07) is 0. The molecule has 2 aliphatic rings. The molecular formula is C12H16N2O. The van der Waals surface area contributed by atoms with E-state index in [-0.39, 0.29) is 0 Å². The van der Waals surface area contributed by atoms with Crippen LogP contribution in [0.25, 0.3) is 0 Å². The topological polar surface area (TPSA) is 24.8 Å². The maximum Gasteiger partial charge on any atom is 0.136 e. The van der Waals surface area contributed by atoms with E-state index in [4.69, 9.17) is 11.3 Å². The van der Waals surface area contributed by atoms with Gasteiger partial charge in [-0.25, -0.2) is 0 Å². The monoisotopic (exact) mass is 204 g/mol. The van der Waals surface area contributed by atoms with Crippen molar-refractivity contribution in [3.63, 3.8) is 0 Å². The molecule has 0 aliphatic carbocycles. The molecule has 0 aromatic carbocycles. The SMILES string of the molecule is C#C/C(C)=C\CO/N=C1\CN2CCC1C2. The van der Waals surface area contributed by atoms with Crippen LogP contribution in [-0.4, -0.2) is 36.9 Å². The number of hydrogen-bond acceptors (Lipinski definition) is 3. The van der Waals surface area contributed by atoms with Gasteiger partial charge in [-0.2, -0.15) is 0 Å². The second kappa shape index (κ2) is 4.50. The zero-order valence-electron chi connectivity index (χ0n) is 9.07. The molecule has 2 aliphatic heterocycles. The lowest BCUT2D eigenvalue weighted by Crippen LogP contribution is -2.23. The molecule has 2 unspecified atom stereocenters. The van der Waals surface area contributed by atoms with Crippen molar-refractivity contribution in [1.82, 2.24) is 4.90 Å². The Kier molecular flexibility index (Phi) is 3.08. The Morgan fingerprint density at radius 3 is 3.27 bits per heavy atom. The van der Waals surface area contributed by atoms with Gasteiger partial charge < -0.3 is 4.84 Å². The largest absolute Gasteiger partial charge is 0.392 e. The van der Waals surface area contributed by atoms with Crippen LogP contribution in [0.1, 0.15) is 13.3 Å². The number of oxime groups is 1. The zero-order chi connectivity index (χ0) is 10.7. The summed E-state index contributed by atoms with van der Waals surface area (Å²) < 4.78 is 0. The molecule has 0 aromatic rings. The van der Waals surface area contributed by atoms with Crippen molar-refractivity contribution in [2.24, 2.45) is 11.1 Å². The van der Waals surface area contributed by atoms with Crippen molar-refractivity contribution in [2.75, 3.05) is 26.2 Å². The Hall–Kier alpha value is -1.27. The first-order valence-electron chi connectivity index (χ1n) is 5.34. The van der Waals surface area contributed by atoms with Crippen molar-refractivity contribution < 1.29 is 4.84 Å². The number of piperidine rings is 1. The molecule has 2 atom stereocenters.